The minimum atomic E-state index is -0.132. The molecule has 3 aromatic rings. The fourth-order valence-corrected chi connectivity index (χ4v) is 3.35. The third-order valence-electron chi connectivity index (χ3n) is 6.16. The Morgan fingerprint density at radius 3 is 1.45 bits per heavy atom. The first-order valence-electron chi connectivity index (χ1n) is 16.9. The van der Waals surface area contributed by atoms with E-state index in [0.29, 0.717) is 82.3 Å². The molecule has 3 heterocycles. The monoisotopic (exact) mass is 868 g/mol. The molecule has 0 aliphatic rings. The van der Waals surface area contributed by atoms with E-state index in [4.69, 9.17) is 39.9 Å². The van der Waals surface area contributed by atoms with Crippen LogP contribution in [0.1, 0.15) is 22.4 Å². The molecule has 3 aromatic heterocycles. The predicted octanol–water partition coefficient (Wildman–Crippen LogP) is -0.954. The van der Waals surface area contributed by atoms with Gasteiger partial charge in [-0.15, -0.1) is 6.61 Å². The molecule has 0 amide bonds. The molecule has 2 N–H and O–H groups in total. The Kier molecular flexibility index (Phi) is 44.1. The van der Waals surface area contributed by atoms with Crippen molar-refractivity contribution in [3.8, 4) is 23.9 Å². The van der Waals surface area contributed by atoms with E-state index in [1.54, 1.807) is 42.9 Å². The predicted molar refractivity (Wildman–Crippen MR) is 205 cm³/mol. The number of likely N-dealkylation sites (N-methyl/N-ethyl adjacent to an activating group) is 3. The number of nitrogens with two attached hydrogens (primary N) is 1. The Bertz CT molecular complexity index is 1400. The van der Waals surface area contributed by atoms with Gasteiger partial charge in [0.2, 0.25) is 11.8 Å². The maximum atomic E-state index is 9.84. The quantitative estimate of drug-likeness (QED) is 0.0830. The van der Waals surface area contributed by atoms with Crippen LogP contribution in [0.25, 0.3) is 0 Å². The summed E-state index contributed by atoms with van der Waals surface area (Å²) < 4.78 is 26.5. The molecule has 0 saturated carbocycles. The van der Waals surface area contributed by atoms with Gasteiger partial charge in [0.25, 0.3) is 0 Å². The van der Waals surface area contributed by atoms with E-state index < -0.39 is 0 Å². The third-order valence-corrected chi connectivity index (χ3v) is 6.16. The van der Waals surface area contributed by atoms with Crippen molar-refractivity contribution in [1.29, 1.82) is 10.5 Å². The number of hydrogen-bond donors (Lipinski definition) is 1. The number of aromatic nitrogens is 3. The van der Waals surface area contributed by atoms with Crippen LogP contribution in [0.2, 0.25) is 0 Å². The minimum absolute atomic E-state index is 0. The Balaban J connectivity index is -0.000000322. The van der Waals surface area contributed by atoms with Gasteiger partial charge < -0.3 is 56.7 Å². The summed E-state index contributed by atoms with van der Waals surface area (Å²) in [5.41, 5.74) is 8.64. The van der Waals surface area contributed by atoms with Crippen molar-refractivity contribution in [2.24, 2.45) is 5.73 Å². The number of rotatable bonds is 20. The molecule has 0 bridgehead atoms. The van der Waals surface area contributed by atoms with Crippen LogP contribution in [0.15, 0.2) is 55.0 Å². The van der Waals surface area contributed by atoms with Crippen LogP contribution >= 0.6 is 0 Å². The molecule has 0 aromatic carbocycles. The van der Waals surface area contributed by atoms with Crippen molar-refractivity contribution in [3.63, 3.8) is 0 Å². The second-order valence-corrected chi connectivity index (χ2v) is 11.6. The van der Waals surface area contributed by atoms with Crippen LogP contribution in [0.4, 0.5) is 0 Å². The van der Waals surface area contributed by atoms with E-state index in [2.05, 4.69) is 24.8 Å². The van der Waals surface area contributed by atoms with Gasteiger partial charge in [-0.25, -0.2) is 9.97 Å². The number of nitrogens with zero attached hydrogens (tertiary/aromatic N) is 8. The largest absolute Gasteiger partial charge is 1.00 e. The summed E-state index contributed by atoms with van der Waals surface area (Å²) in [6.45, 7) is 9.37. The maximum absolute atomic E-state index is 9.84. The second kappa shape index (κ2) is 41.0. The van der Waals surface area contributed by atoms with E-state index >= 15 is 0 Å². The first kappa shape index (κ1) is 59.1. The van der Waals surface area contributed by atoms with Crippen molar-refractivity contribution in [1.82, 2.24) is 29.7 Å². The van der Waals surface area contributed by atoms with Crippen molar-refractivity contribution in [3.05, 3.63) is 84.8 Å². The van der Waals surface area contributed by atoms with Gasteiger partial charge in [0.05, 0.1) is 56.3 Å². The second-order valence-electron chi connectivity index (χ2n) is 11.6. The zero-order chi connectivity index (χ0) is 38.8. The van der Waals surface area contributed by atoms with Gasteiger partial charge in [-0.1, -0.05) is 0 Å². The number of aryl methyl sites for hydroxylation is 1. The molecule has 0 atom stereocenters. The van der Waals surface area contributed by atoms with Crippen molar-refractivity contribution >= 4 is 0 Å². The molecule has 0 saturated heterocycles. The van der Waals surface area contributed by atoms with Crippen LogP contribution in [-0.2, 0) is 41.2 Å². The van der Waals surface area contributed by atoms with Gasteiger partial charge in [-0.2, -0.15) is 10.5 Å². The molecule has 17 heteroatoms. The number of ether oxygens (including phenoxy) is 5. The molecular formula is C38H61N9NaO6Pd-. The molecule has 0 spiro atoms. The van der Waals surface area contributed by atoms with Gasteiger partial charge in [-0.05, 0) is 79.0 Å². The van der Waals surface area contributed by atoms with Crippen LogP contribution in [0, 0.1) is 37.0 Å². The average Bonchev–Trinajstić information content (AvgIpc) is 3.13. The molecule has 3 rings (SSSR count). The van der Waals surface area contributed by atoms with Crippen LogP contribution in [0.5, 0.6) is 11.8 Å². The Morgan fingerprint density at radius 2 is 1.05 bits per heavy atom. The Labute approximate surface area is 366 Å². The third kappa shape index (κ3) is 38.0. The van der Waals surface area contributed by atoms with Gasteiger partial charge in [0, 0.05) is 89.6 Å². The zero-order valence-corrected chi connectivity index (χ0v) is 37.9. The van der Waals surface area contributed by atoms with E-state index in [0.717, 1.165) is 30.9 Å². The molecule has 0 fully saturated rings. The molecular weight excluding hydrogens is 808 g/mol. The number of pyridine rings is 3. The summed E-state index contributed by atoms with van der Waals surface area (Å²) in [6, 6.07) is 14.5. The minimum Gasteiger partial charge on any atom is -0.853 e. The summed E-state index contributed by atoms with van der Waals surface area (Å²) in [5.74, 6) is 1.06. The molecule has 0 aliphatic heterocycles. The molecule has 0 radical (unpaired) electrons. The van der Waals surface area contributed by atoms with Crippen molar-refractivity contribution < 1.29 is 78.8 Å². The topological polar surface area (TPSA) is 191 Å². The van der Waals surface area contributed by atoms with Crippen LogP contribution < -0.4 is 49.9 Å². The van der Waals surface area contributed by atoms with E-state index in [1.165, 1.54) is 0 Å². The average molecular weight is 869 g/mol. The van der Waals surface area contributed by atoms with E-state index in [1.807, 2.05) is 78.4 Å². The summed E-state index contributed by atoms with van der Waals surface area (Å²) in [6.07, 6.45) is 4.89. The van der Waals surface area contributed by atoms with Crippen LogP contribution in [-0.4, -0.2) is 151 Å². The fraction of sp³-hybridized carbons (Fsp3) is 0.526. The summed E-state index contributed by atoms with van der Waals surface area (Å²) >= 11 is 0. The molecule has 0 unspecified atom stereocenters. The maximum Gasteiger partial charge on any atom is 1.00 e. The Hall–Kier alpha value is -2.63. The summed E-state index contributed by atoms with van der Waals surface area (Å²) in [7, 11) is 12.0. The first-order chi connectivity index (χ1) is 25.0. The SMILES string of the molecule is CN(C)CCOCCOc1cc(C#N)ccn1.CN(C)CCOCCOc1cc(CN)ccn1.CN(C)CCOCC[O-].Cc1cc(C#N)ccn1.[CH3-].[Na+].[Pd]. The standard InChI is InChI=1S/C12H21N3O2.C12H17N3O2.C7H6N2.C6H14NO2.CH3.Na.Pd/c2*1-15(2)5-6-16-7-8-17-12-9-11(10-13)3-4-14-12;1-6-4-7(5-8)2-3-9-6;1-7(2)3-5-9-6-4-8;;;/h3-4,9H,5-8,10,13H2,1-2H3;3-4,9H,5-8H2,1-2H3;2-4H,1H3;3-6H2,1-2H3;1H3;;/q;;;2*-1;+1;. The first-order valence-corrected chi connectivity index (χ1v) is 16.9. The van der Waals surface area contributed by atoms with E-state index in [9.17, 15) is 5.11 Å². The molecule has 306 valence electrons. The van der Waals surface area contributed by atoms with Gasteiger partial charge >= 0.3 is 29.6 Å². The van der Waals surface area contributed by atoms with Crippen molar-refractivity contribution in [2.75, 3.05) is 121 Å². The molecule has 0 aliphatic carbocycles. The Morgan fingerprint density at radius 1 is 0.636 bits per heavy atom. The van der Waals surface area contributed by atoms with Crippen molar-refractivity contribution in [2.45, 2.75) is 13.5 Å². The summed E-state index contributed by atoms with van der Waals surface area (Å²) in [4.78, 5) is 18.2. The molecule has 55 heavy (non-hydrogen) atoms. The summed E-state index contributed by atoms with van der Waals surface area (Å²) in [5, 5.41) is 26.9. The fourth-order valence-electron chi connectivity index (χ4n) is 3.35. The van der Waals surface area contributed by atoms with E-state index in [-0.39, 0.29) is 64.0 Å². The van der Waals surface area contributed by atoms with Gasteiger partial charge in [-0.3, -0.25) is 4.98 Å². The normalized spacial score (nSPS) is 9.64. The number of hydrogen-bond acceptors (Lipinski definition) is 15. The zero-order valence-electron chi connectivity index (χ0n) is 34.3. The smallest absolute Gasteiger partial charge is 0.853 e. The van der Waals surface area contributed by atoms with Crippen LogP contribution in [0.3, 0.4) is 0 Å². The number of nitriles is 2. The van der Waals surface area contributed by atoms with Gasteiger partial charge in [0.15, 0.2) is 0 Å². The van der Waals surface area contributed by atoms with Gasteiger partial charge in [0.1, 0.15) is 13.2 Å². The molecule has 15 nitrogen and oxygen atoms in total.